The largest absolute Gasteiger partial charge is 0.326 e. The first-order valence-electron chi connectivity index (χ1n) is 9.36. The van der Waals surface area contributed by atoms with E-state index in [1.54, 1.807) is 58.9 Å². The minimum Gasteiger partial charge on any atom is -0.322 e. The predicted molar refractivity (Wildman–Crippen MR) is 124 cm³/mol. The molecule has 0 saturated carbocycles. The van der Waals surface area contributed by atoms with Gasteiger partial charge in [-0.15, -0.1) is 23.5 Å². The Hall–Kier alpha value is -2.97. The summed E-state index contributed by atoms with van der Waals surface area (Å²) >= 11 is 3.25. The Labute approximate surface area is 183 Å². The van der Waals surface area contributed by atoms with Crippen molar-refractivity contribution in [1.82, 2.24) is 4.98 Å². The fourth-order valence-electron chi connectivity index (χ4n) is 3.10. The van der Waals surface area contributed by atoms with Crippen LogP contribution in [0.15, 0.2) is 76.8 Å². The Bertz CT molecular complexity index is 1090. The number of amides is 3. The lowest BCUT2D eigenvalue weighted by Crippen LogP contribution is -2.38. The van der Waals surface area contributed by atoms with Crippen LogP contribution in [0.3, 0.4) is 0 Å². The number of urea groups is 1. The second kappa shape index (κ2) is 9.23. The third-order valence-electron chi connectivity index (χ3n) is 4.54. The molecule has 0 atom stereocenters. The van der Waals surface area contributed by atoms with Gasteiger partial charge in [-0.1, -0.05) is 12.1 Å². The van der Waals surface area contributed by atoms with E-state index in [2.05, 4.69) is 15.6 Å². The van der Waals surface area contributed by atoms with Crippen LogP contribution in [0.25, 0.3) is 0 Å². The molecule has 0 aliphatic carbocycles. The Morgan fingerprint density at radius 1 is 1.03 bits per heavy atom. The molecule has 0 saturated heterocycles. The highest BCUT2D eigenvalue weighted by Gasteiger charge is 2.23. The molecule has 0 unspecified atom stereocenters. The average molecular weight is 437 g/mol. The first-order valence-corrected chi connectivity index (χ1v) is 11.6. The van der Waals surface area contributed by atoms with Crippen molar-refractivity contribution in [2.24, 2.45) is 0 Å². The zero-order chi connectivity index (χ0) is 20.9. The molecule has 3 amide bonds. The van der Waals surface area contributed by atoms with Gasteiger partial charge in [-0.25, -0.2) is 9.78 Å². The summed E-state index contributed by atoms with van der Waals surface area (Å²) in [6.07, 6.45) is 3.72. The standard InChI is InChI=1S/C22H20N4O2S2/c1-29-18-8-3-7-17(14-18)24-20(27)15-5-2-6-16(13-15)25-22(28)26-11-12-30-21-19(26)9-4-10-23-21/h2-10,13-14H,11-12H2,1H3,(H,24,27)(H,25,28). The van der Waals surface area contributed by atoms with Gasteiger partial charge in [0.1, 0.15) is 5.03 Å². The molecule has 1 aliphatic rings. The van der Waals surface area contributed by atoms with E-state index in [0.29, 0.717) is 17.8 Å². The number of hydrogen-bond donors (Lipinski definition) is 2. The highest BCUT2D eigenvalue weighted by atomic mass is 32.2. The second-order valence-corrected chi connectivity index (χ2v) is 8.49. The van der Waals surface area contributed by atoms with Crippen LogP contribution in [0, 0.1) is 0 Å². The van der Waals surface area contributed by atoms with Crippen LogP contribution in [0.2, 0.25) is 0 Å². The van der Waals surface area contributed by atoms with Gasteiger partial charge in [-0.3, -0.25) is 9.69 Å². The van der Waals surface area contributed by atoms with Crippen molar-refractivity contribution in [2.45, 2.75) is 9.92 Å². The van der Waals surface area contributed by atoms with Crippen LogP contribution >= 0.6 is 23.5 Å². The molecule has 0 spiro atoms. The molecule has 2 N–H and O–H groups in total. The van der Waals surface area contributed by atoms with Gasteiger partial charge in [0.05, 0.1) is 5.69 Å². The zero-order valence-electron chi connectivity index (χ0n) is 16.3. The Morgan fingerprint density at radius 3 is 2.67 bits per heavy atom. The number of anilines is 3. The van der Waals surface area contributed by atoms with Crippen LogP contribution in [0.4, 0.5) is 21.9 Å². The van der Waals surface area contributed by atoms with Crippen LogP contribution in [0.5, 0.6) is 0 Å². The molecule has 0 radical (unpaired) electrons. The number of carbonyl (C=O) groups excluding carboxylic acids is 2. The van der Waals surface area contributed by atoms with E-state index in [1.165, 1.54) is 0 Å². The average Bonchev–Trinajstić information content (AvgIpc) is 2.79. The lowest BCUT2D eigenvalue weighted by atomic mass is 10.2. The monoisotopic (exact) mass is 436 g/mol. The number of hydrogen-bond acceptors (Lipinski definition) is 5. The van der Waals surface area contributed by atoms with Crippen LogP contribution in [0.1, 0.15) is 10.4 Å². The SMILES string of the molecule is CSc1cccc(NC(=O)c2cccc(NC(=O)N3CCSc4ncccc43)c2)c1. The second-order valence-electron chi connectivity index (χ2n) is 6.52. The minimum absolute atomic E-state index is 0.228. The predicted octanol–water partition coefficient (Wildman–Crippen LogP) is 5.20. The molecule has 4 rings (SSSR count). The van der Waals surface area contributed by atoms with Gasteiger partial charge in [0.25, 0.3) is 5.91 Å². The molecular formula is C22H20N4O2S2. The van der Waals surface area contributed by atoms with Crippen LogP contribution < -0.4 is 15.5 Å². The maximum Gasteiger partial charge on any atom is 0.326 e. The van der Waals surface area contributed by atoms with Crippen molar-refractivity contribution in [3.8, 4) is 0 Å². The number of benzene rings is 2. The number of aromatic nitrogens is 1. The number of pyridine rings is 1. The molecule has 3 aromatic rings. The van der Waals surface area contributed by atoms with Crippen molar-refractivity contribution >= 4 is 52.5 Å². The molecule has 152 valence electrons. The maximum atomic E-state index is 12.8. The molecule has 6 nitrogen and oxygen atoms in total. The summed E-state index contributed by atoms with van der Waals surface area (Å²) in [5.74, 6) is 0.558. The lowest BCUT2D eigenvalue weighted by molar-refractivity contribution is 0.102. The number of carbonyl (C=O) groups is 2. The Balaban J connectivity index is 1.47. The third-order valence-corrected chi connectivity index (χ3v) is 6.24. The Kier molecular flexibility index (Phi) is 6.25. The maximum absolute atomic E-state index is 12.8. The van der Waals surface area contributed by atoms with Gasteiger partial charge in [0.15, 0.2) is 0 Å². The molecular weight excluding hydrogens is 416 g/mol. The molecule has 30 heavy (non-hydrogen) atoms. The van der Waals surface area contributed by atoms with E-state index in [-0.39, 0.29) is 11.9 Å². The van der Waals surface area contributed by atoms with Gasteiger partial charge >= 0.3 is 6.03 Å². The molecule has 1 aliphatic heterocycles. The fraction of sp³-hybridized carbons (Fsp3) is 0.136. The lowest BCUT2D eigenvalue weighted by Gasteiger charge is -2.28. The normalized spacial score (nSPS) is 12.8. The number of rotatable bonds is 4. The summed E-state index contributed by atoms with van der Waals surface area (Å²) in [6, 6.07) is 18.1. The van der Waals surface area contributed by atoms with Gasteiger partial charge in [-0.05, 0) is 54.8 Å². The van der Waals surface area contributed by atoms with Gasteiger partial charge in [0, 0.05) is 40.3 Å². The van der Waals surface area contributed by atoms with Gasteiger partial charge in [0.2, 0.25) is 0 Å². The zero-order valence-corrected chi connectivity index (χ0v) is 17.9. The van der Waals surface area contributed by atoms with Crippen molar-refractivity contribution in [1.29, 1.82) is 0 Å². The van der Waals surface area contributed by atoms with Gasteiger partial charge < -0.3 is 10.6 Å². The minimum atomic E-state index is -0.241. The summed E-state index contributed by atoms with van der Waals surface area (Å²) in [5, 5.41) is 6.65. The molecule has 0 fully saturated rings. The van der Waals surface area contributed by atoms with Crippen molar-refractivity contribution in [2.75, 3.05) is 34.1 Å². The van der Waals surface area contributed by atoms with E-state index < -0.39 is 0 Å². The molecule has 8 heteroatoms. The summed E-state index contributed by atoms with van der Waals surface area (Å²) in [5.41, 5.74) is 2.57. The van der Waals surface area contributed by atoms with Crippen LogP contribution in [-0.4, -0.2) is 35.5 Å². The van der Waals surface area contributed by atoms with Gasteiger partial charge in [-0.2, -0.15) is 0 Å². The first-order chi connectivity index (χ1) is 14.6. The highest BCUT2D eigenvalue weighted by molar-refractivity contribution is 7.99. The highest BCUT2D eigenvalue weighted by Crippen LogP contribution is 2.32. The number of nitrogens with one attached hydrogen (secondary N) is 2. The number of fused-ring (bicyclic) bond motifs is 1. The third kappa shape index (κ3) is 4.60. The van der Waals surface area contributed by atoms with Crippen molar-refractivity contribution in [3.05, 3.63) is 72.4 Å². The molecule has 2 aromatic carbocycles. The number of nitrogens with zero attached hydrogens (tertiary/aromatic N) is 2. The molecule has 1 aromatic heterocycles. The smallest absolute Gasteiger partial charge is 0.322 e. The van der Waals surface area contributed by atoms with E-state index in [0.717, 1.165) is 27.0 Å². The first kappa shape index (κ1) is 20.3. The topological polar surface area (TPSA) is 74.3 Å². The Morgan fingerprint density at radius 2 is 1.83 bits per heavy atom. The summed E-state index contributed by atoms with van der Waals surface area (Å²) in [4.78, 5) is 32.6. The van der Waals surface area contributed by atoms with E-state index in [9.17, 15) is 9.59 Å². The molecule has 2 heterocycles. The molecule has 0 bridgehead atoms. The quantitative estimate of drug-likeness (QED) is 0.550. The van der Waals surface area contributed by atoms with Crippen LogP contribution in [-0.2, 0) is 0 Å². The summed E-state index contributed by atoms with van der Waals surface area (Å²) < 4.78 is 0. The summed E-state index contributed by atoms with van der Waals surface area (Å²) in [7, 11) is 0. The van der Waals surface area contributed by atoms with Crippen molar-refractivity contribution in [3.63, 3.8) is 0 Å². The fourth-order valence-corrected chi connectivity index (χ4v) is 4.49. The van der Waals surface area contributed by atoms with E-state index >= 15 is 0 Å². The number of thioether (sulfide) groups is 2. The van der Waals surface area contributed by atoms with E-state index in [1.807, 2.05) is 42.7 Å². The van der Waals surface area contributed by atoms with E-state index in [4.69, 9.17) is 0 Å². The summed E-state index contributed by atoms with van der Waals surface area (Å²) in [6.45, 7) is 0.598. The van der Waals surface area contributed by atoms with Crippen molar-refractivity contribution < 1.29 is 9.59 Å².